The molecule has 0 spiro atoms. The van der Waals surface area contributed by atoms with E-state index in [-0.39, 0.29) is 19.8 Å². The monoisotopic (exact) mass is 379 g/mol. The molecule has 2 aromatic heterocycles. The molecular formula is C15H10FN3O4S2. The minimum atomic E-state index is -3.85. The van der Waals surface area contributed by atoms with E-state index in [2.05, 4.69) is 15.2 Å². The number of hydrogen-bond acceptors (Lipinski definition) is 7. The lowest BCUT2D eigenvalue weighted by molar-refractivity contribution is 0.104. The van der Waals surface area contributed by atoms with Crippen LogP contribution in [0, 0.1) is 5.82 Å². The summed E-state index contributed by atoms with van der Waals surface area (Å²) in [5, 5.41) is 15.8. The summed E-state index contributed by atoms with van der Waals surface area (Å²) >= 11 is 0.751. The Kier molecular flexibility index (Phi) is 4.47. The van der Waals surface area contributed by atoms with Gasteiger partial charge in [-0.25, -0.2) is 17.8 Å². The van der Waals surface area contributed by atoms with E-state index >= 15 is 0 Å². The van der Waals surface area contributed by atoms with Gasteiger partial charge in [0.15, 0.2) is 11.5 Å². The lowest BCUT2D eigenvalue weighted by atomic mass is 10.3. The number of thiophene rings is 1. The van der Waals surface area contributed by atoms with Crippen LogP contribution in [0.15, 0.2) is 57.9 Å². The second-order valence-corrected chi connectivity index (χ2v) is 8.05. The van der Waals surface area contributed by atoms with Gasteiger partial charge in [-0.05, 0) is 36.4 Å². The van der Waals surface area contributed by atoms with Crippen LogP contribution < -0.4 is 0 Å². The standard InChI is InChI=1S/C15H10FN3O4S2/c16-9-1-3-10(4-2-9)25(22,23)14-6-5-13(24-14)11(20)7-12(21)15-17-8-18-19-15/h1-8,21H,(H,17,18,19). The van der Waals surface area contributed by atoms with Crippen LogP contribution in [0.1, 0.15) is 15.5 Å². The molecule has 10 heteroatoms. The molecule has 25 heavy (non-hydrogen) atoms. The van der Waals surface area contributed by atoms with Crippen molar-refractivity contribution in [1.82, 2.24) is 15.2 Å². The van der Waals surface area contributed by atoms with Gasteiger partial charge in [0.2, 0.25) is 15.7 Å². The number of aromatic nitrogens is 3. The Balaban J connectivity index is 1.88. The molecule has 2 N–H and O–H groups in total. The second kappa shape index (κ2) is 6.57. The predicted molar refractivity (Wildman–Crippen MR) is 87.5 cm³/mol. The third-order valence-corrected chi connectivity index (χ3v) is 6.49. The Bertz CT molecular complexity index is 1040. The first-order valence-corrected chi connectivity index (χ1v) is 9.09. The zero-order valence-corrected chi connectivity index (χ0v) is 14.0. The quantitative estimate of drug-likeness (QED) is 0.305. The molecule has 0 radical (unpaired) electrons. The fourth-order valence-electron chi connectivity index (χ4n) is 1.92. The number of ketones is 1. The molecule has 0 saturated carbocycles. The molecule has 3 aromatic rings. The van der Waals surface area contributed by atoms with E-state index in [1.54, 1.807) is 0 Å². The van der Waals surface area contributed by atoms with E-state index in [4.69, 9.17) is 0 Å². The van der Waals surface area contributed by atoms with E-state index in [9.17, 15) is 22.7 Å². The van der Waals surface area contributed by atoms with Crippen molar-refractivity contribution in [2.45, 2.75) is 9.10 Å². The lowest BCUT2D eigenvalue weighted by Crippen LogP contribution is -1.99. The maximum Gasteiger partial charge on any atom is 0.215 e. The number of carbonyl (C=O) groups excluding carboxylic acids is 1. The number of H-pyrrole nitrogens is 1. The van der Waals surface area contributed by atoms with Gasteiger partial charge in [0.25, 0.3) is 0 Å². The Labute approximate surface area is 145 Å². The number of halogens is 1. The molecule has 0 unspecified atom stereocenters. The number of carbonyl (C=O) groups is 1. The maximum atomic E-state index is 12.9. The highest BCUT2D eigenvalue weighted by molar-refractivity contribution is 7.93. The topological polar surface area (TPSA) is 113 Å². The maximum absolute atomic E-state index is 12.9. The molecule has 0 atom stereocenters. The molecular weight excluding hydrogens is 369 g/mol. The number of benzene rings is 1. The molecule has 0 fully saturated rings. The lowest BCUT2D eigenvalue weighted by Gasteiger charge is -2.01. The largest absolute Gasteiger partial charge is 0.504 e. The molecule has 0 aliphatic heterocycles. The van der Waals surface area contributed by atoms with E-state index in [0.717, 1.165) is 41.7 Å². The summed E-state index contributed by atoms with van der Waals surface area (Å²) in [4.78, 5) is 15.9. The van der Waals surface area contributed by atoms with E-state index < -0.39 is 27.2 Å². The van der Waals surface area contributed by atoms with Gasteiger partial charge in [-0.15, -0.1) is 11.3 Å². The van der Waals surface area contributed by atoms with Crippen LogP contribution in [0.3, 0.4) is 0 Å². The van der Waals surface area contributed by atoms with Crippen LogP contribution in [0.25, 0.3) is 5.76 Å². The SMILES string of the molecule is O=C(C=C(O)c1nc[nH]n1)c1ccc(S(=O)(=O)c2ccc(F)cc2)s1. The summed E-state index contributed by atoms with van der Waals surface area (Å²) in [6.45, 7) is 0. The summed E-state index contributed by atoms with van der Waals surface area (Å²) in [5.74, 6) is -1.63. The van der Waals surface area contributed by atoms with Gasteiger partial charge >= 0.3 is 0 Å². The van der Waals surface area contributed by atoms with Crippen LogP contribution >= 0.6 is 11.3 Å². The highest BCUT2D eigenvalue weighted by Gasteiger charge is 2.21. The number of sulfone groups is 1. The first-order valence-electron chi connectivity index (χ1n) is 6.79. The Morgan fingerprint density at radius 3 is 2.56 bits per heavy atom. The minimum absolute atomic E-state index is 0.0518. The van der Waals surface area contributed by atoms with Crippen molar-refractivity contribution in [2.24, 2.45) is 0 Å². The second-order valence-electron chi connectivity index (χ2n) is 4.79. The third-order valence-electron chi connectivity index (χ3n) is 3.12. The van der Waals surface area contributed by atoms with Crippen molar-refractivity contribution in [3.63, 3.8) is 0 Å². The highest BCUT2D eigenvalue weighted by Crippen LogP contribution is 2.28. The first-order chi connectivity index (χ1) is 11.9. The average Bonchev–Trinajstić information content (AvgIpc) is 3.27. The molecule has 0 bridgehead atoms. The van der Waals surface area contributed by atoms with Crippen molar-refractivity contribution < 1.29 is 22.7 Å². The van der Waals surface area contributed by atoms with E-state index in [0.29, 0.717) is 0 Å². The van der Waals surface area contributed by atoms with E-state index in [1.165, 1.54) is 18.5 Å². The molecule has 0 aliphatic carbocycles. The normalized spacial score (nSPS) is 12.3. The molecule has 3 rings (SSSR count). The summed E-state index contributed by atoms with van der Waals surface area (Å²) in [7, 11) is -3.85. The van der Waals surface area contributed by atoms with Crippen molar-refractivity contribution >= 4 is 32.7 Å². The molecule has 0 aliphatic rings. The van der Waals surface area contributed by atoms with Gasteiger partial charge in [0.05, 0.1) is 9.77 Å². The van der Waals surface area contributed by atoms with E-state index in [1.807, 2.05) is 0 Å². The third kappa shape index (κ3) is 3.49. The Hall–Kier alpha value is -2.85. The number of aromatic amines is 1. The van der Waals surface area contributed by atoms with Gasteiger partial charge < -0.3 is 5.11 Å². The molecule has 2 heterocycles. The molecule has 0 amide bonds. The van der Waals surface area contributed by atoms with Crippen molar-refractivity contribution in [3.05, 3.63) is 65.3 Å². The Morgan fingerprint density at radius 1 is 1.20 bits per heavy atom. The molecule has 7 nitrogen and oxygen atoms in total. The minimum Gasteiger partial charge on any atom is -0.504 e. The van der Waals surface area contributed by atoms with Crippen molar-refractivity contribution in [3.8, 4) is 0 Å². The fourth-order valence-corrected chi connectivity index (χ4v) is 4.54. The van der Waals surface area contributed by atoms with Crippen molar-refractivity contribution in [2.75, 3.05) is 0 Å². The number of hydrogen-bond donors (Lipinski definition) is 2. The van der Waals surface area contributed by atoms with Crippen LogP contribution in [0.2, 0.25) is 0 Å². The fraction of sp³-hybridized carbons (Fsp3) is 0. The van der Waals surface area contributed by atoms with Gasteiger partial charge in [0, 0.05) is 6.08 Å². The van der Waals surface area contributed by atoms with Crippen LogP contribution in [-0.2, 0) is 9.84 Å². The molecule has 128 valence electrons. The number of allylic oxidation sites excluding steroid dienone is 1. The smallest absolute Gasteiger partial charge is 0.215 e. The average molecular weight is 379 g/mol. The zero-order valence-electron chi connectivity index (χ0n) is 12.4. The Morgan fingerprint density at radius 2 is 1.92 bits per heavy atom. The summed E-state index contributed by atoms with van der Waals surface area (Å²) in [6, 6.07) is 7.02. The molecule has 1 aromatic carbocycles. The van der Waals surface area contributed by atoms with Gasteiger partial charge in [-0.3, -0.25) is 9.89 Å². The number of aliphatic hydroxyl groups is 1. The number of nitrogens with one attached hydrogen (secondary N) is 1. The summed E-state index contributed by atoms with van der Waals surface area (Å²) in [6.07, 6.45) is 2.14. The zero-order chi connectivity index (χ0) is 18.0. The van der Waals surface area contributed by atoms with Crippen LogP contribution in [0.4, 0.5) is 4.39 Å². The van der Waals surface area contributed by atoms with Gasteiger partial charge in [-0.2, -0.15) is 5.10 Å². The predicted octanol–water partition coefficient (Wildman–Crippen LogP) is 2.62. The van der Waals surface area contributed by atoms with Gasteiger partial charge in [0.1, 0.15) is 16.4 Å². The highest BCUT2D eigenvalue weighted by atomic mass is 32.2. The van der Waals surface area contributed by atoms with Crippen LogP contribution in [0.5, 0.6) is 0 Å². The summed E-state index contributed by atoms with van der Waals surface area (Å²) in [5.41, 5.74) is 0. The first kappa shape index (κ1) is 17.0. The summed E-state index contributed by atoms with van der Waals surface area (Å²) < 4.78 is 37.8. The van der Waals surface area contributed by atoms with Gasteiger partial charge in [-0.1, -0.05) is 0 Å². The van der Waals surface area contributed by atoms with Crippen LogP contribution in [-0.4, -0.2) is 34.5 Å². The number of nitrogens with zero attached hydrogens (tertiary/aromatic N) is 2. The number of rotatable bonds is 5. The number of aliphatic hydroxyl groups excluding tert-OH is 1. The van der Waals surface area contributed by atoms with Crippen molar-refractivity contribution in [1.29, 1.82) is 0 Å². The molecule has 0 saturated heterocycles.